The number of rotatable bonds is 5. The summed E-state index contributed by atoms with van der Waals surface area (Å²) in [5, 5.41) is 13.8. The van der Waals surface area contributed by atoms with Crippen molar-refractivity contribution in [3.8, 4) is 0 Å². The smallest absolute Gasteiger partial charge is 0.238 e. The largest absolute Gasteiger partial charge is 0.372 e. The Morgan fingerprint density at radius 2 is 2.12 bits per heavy atom. The van der Waals surface area contributed by atoms with E-state index in [4.69, 9.17) is 16.3 Å². The number of anilines is 1. The molecular formula is C17H21ClN4O2. The second kappa shape index (κ2) is 7.34. The van der Waals surface area contributed by atoms with Crippen LogP contribution < -0.4 is 10.6 Å². The molecule has 128 valence electrons. The van der Waals surface area contributed by atoms with Crippen molar-refractivity contribution >= 4 is 23.2 Å². The Balaban J connectivity index is 1.57. The Kier molecular flexibility index (Phi) is 5.18. The normalized spacial score (nSPS) is 20.3. The van der Waals surface area contributed by atoms with Crippen LogP contribution in [-0.4, -0.2) is 35.3 Å². The van der Waals surface area contributed by atoms with Crippen LogP contribution in [0.25, 0.3) is 0 Å². The maximum atomic E-state index is 12.2. The van der Waals surface area contributed by atoms with Crippen LogP contribution in [0.2, 0.25) is 5.02 Å². The van der Waals surface area contributed by atoms with Crippen molar-refractivity contribution in [3.05, 3.63) is 46.2 Å². The van der Waals surface area contributed by atoms with Crippen molar-refractivity contribution in [1.29, 1.82) is 0 Å². The van der Waals surface area contributed by atoms with Gasteiger partial charge in [0.1, 0.15) is 0 Å². The molecule has 6 nitrogen and oxygen atoms in total. The number of aromatic nitrogens is 2. The molecule has 7 heteroatoms. The molecule has 0 spiro atoms. The second-order valence-electron chi connectivity index (χ2n) is 5.98. The summed E-state index contributed by atoms with van der Waals surface area (Å²) in [4.78, 5) is 12.2. The molecule has 1 aliphatic rings. The first-order chi connectivity index (χ1) is 11.5. The van der Waals surface area contributed by atoms with Gasteiger partial charge >= 0.3 is 0 Å². The zero-order valence-corrected chi connectivity index (χ0v) is 14.5. The number of carbonyl (C=O) groups is 1. The molecule has 2 heterocycles. The van der Waals surface area contributed by atoms with E-state index in [-0.39, 0.29) is 24.6 Å². The van der Waals surface area contributed by atoms with Crippen LogP contribution >= 0.6 is 11.6 Å². The average Bonchev–Trinajstić information content (AvgIpc) is 3.15. The van der Waals surface area contributed by atoms with Crippen molar-refractivity contribution in [3.63, 3.8) is 0 Å². The highest BCUT2D eigenvalue weighted by Gasteiger charge is 2.29. The lowest BCUT2D eigenvalue weighted by Gasteiger charge is -2.20. The van der Waals surface area contributed by atoms with Crippen LogP contribution in [-0.2, 0) is 9.53 Å². The minimum absolute atomic E-state index is 0.0625. The summed E-state index contributed by atoms with van der Waals surface area (Å²) in [5.74, 6) is -0.0932. The van der Waals surface area contributed by atoms with Gasteiger partial charge in [0, 0.05) is 17.7 Å². The van der Waals surface area contributed by atoms with Gasteiger partial charge in [-0.3, -0.25) is 9.89 Å². The van der Waals surface area contributed by atoms with Gasteiger partial charge in [-0.25, -0.2) is 0 Å². The highest BCUT2D eigenvalue weighted by molar-refractivity contribution is 6.30. The number of H-pyrrole nitrogens is 1. The molecule has 0 bridgehead atoms. The molecule has 1 amide bonds. The molecule has 3 N–H and O–H groups in total. The predicted molar refractivity (Wildman–Crippen MR) is 93.2 cm³/mol. The summed E-state index contributed by atoms with van der Waals surface area (Å²) < 4.78 is 5.82. The first-order valence-corrected chi connectivity index (χ1v) is 8.34. The van der Waals surface area contributed by atoms with E-state index >= 15 is 0 Å². The Morgan fingerprint density at radius 3 is 2.79 bits per heavy atom. The molecule has 1 fully saturated rings. The molecule has 1 aliphatic heterocycles. The van der Waals surface area contributed by atoms with Gasteiger partial charge in [-0.1, -0.05) is 23.7 Å². The molecular weight excluding hydrogens is 328 g/mol. The molecule has 0 saturated carbocycles. The number of amides is 1. The lowest BCUT2D eigenvalue weighted by molar-refractivity contribution is -0.115. The van der Waals surface area contributed by atoms with E-state index in [0.717, 1.165) is 29.1 Å². The summed E-state index contributed by atoms with van der Waals surface area (Å²) >= 11 is 5.93. The summed E-state index contributed by atoms with van der Waals surface area (Å²) in [6.45, 7) is 4.63. The highest BCUT2D eigenvalue weighted by atomic mass is 35.5. The van der Waals surface area contributed by atoms with Crippen LogP contribution in [0.3, 0.4) is 0 Å². The van der Waals surface area contributed by atoms with Crippen LogP contribution in [0.1, 0.15) is 29.5 Å². The summed E-state index contributed by atoms with van der Waals surface area (Å²) in [7, 11) is 0. The minimum atomic E-state index is -0.0932. The van der Waals surface area contributed by atoms with Crippen LogP contribution in [0.15, 0.2) is 24.3 Å². The van der Waals surface area contributed by atoms with Gasteiger partial charge in [-0.2, -0.15) is 5.10 Å². The summed E-state index contributed by atoms with van der Waals surface area (Å²) in [5.41, 5.74) is 3.45. The van der Waals surface area contributed by atoms with Crippen molar-refractivity contribution in [1.82, 2.24) is 15.5 Å². The van der Waals surface area contributed by atoms with Gasteiger partial charge in [0.25, 0.3) is 0 Å². The number of hydrogen-bond acceptors (Lipinski definition) is 4. The third-order valence-corrected chi connectivity index (χ3v) is 4.46. The standard InChI is InChI=1S/C17H21ClN4O2/c1-10-16(11(2)22-21-10)20-15(23)9-19-14-7-8-24-17(14)12-3-5-13(18)6-4-12/h3-6,14,17,19H,7-9H2,1-2H3,(H,20,23)(H,21,22)/t14-,17+/m0/s1. The van der Waals surface area contributed by atoms with Gasteiger partial charge in [0.15, 0.2) is 0 Å². The van der Waals surface area contributed by atoms with E-state index in [1.165, 1.54) is 0 Å². The number of benzene rings is 1. The molecule has 0 radical (unpaired) electrons. The van der Waals surface area contributed by atoms with Crippen molar-refractivity contribution in [2.75, 3.05) is 18.5 Å². The van der Waals surface area contributed by atoms with E-state index in [1.807, 2.05) is 38.1 Å². The number of aromatic amines is 1. The monoisotopic (exact) mass is 348 g/mol. The zero-order valence-electron chi connectivity index (χ0n) is 13.7. The SMILES string of the molecule is Cc1n[nH]c(C)c1NC(=O)CN[C@H]1CCO[C@@H]1c1ccc(Cl)cc1. The Labute approximate surface area is 145 Å². The topological polar surface area (TPSA) is 79.0 Å². The predicted octanol–water partition coefficient (Wildman–Crippen LogP) is 2.74. The fraction of sp³-hybridized carbons (Fsp3) is 0.412. The lowest BCUT2D eigenvalue weighted by atomic mass is 10.0. The zero-order chi connectivity index (χ0) is 17.1. The number of carbonyl (C=O) groups excluding carboxylic acids is 1. The summed E-state index contributed by atoms with van der Waals surface area (Å²) in [6.07, 6.45) is 0.803. The second-order valence-corrected chi connectivity index (χ2v) is 6.41. The first-order valence-electron chi connectivity index (χ1n) is 7.96. The Hall–Kier alpha value is -1.89. The number of halogens is 1. The van der Waals surface area contributed by atoms with Gasteiger partial charge < -0.3 is 15.4 Å². The van der Waals surface area contributed by atoms with Crippen molar-refractivity contribution < 1.29 is 9.53 Å². The quantitative estimate of drug-likeness (QED) is 0.776. The van der Waals surface area contributed by atoms with E-state index < -0.39 is 0 Å². The molecule has 2 atom stereocenters. The lowest BCUT2D eigenvalue weighted by Crippen LogP contribution is -2.37. The van der Waals surface area contributed by atoms with Crippen LogP contribution in [0.4, 0.5) is 5.69 Å². The van der Waals surface area contributed by atoms with Crippen LogP contribution in [0, 0.1) is 13.8 Å². The molecule has 0 unspecified atom stereocenters. The maximum absolute atomic E-state index is 12.2. The van der Waals surface area contributed by atoms with Gasteiger partial charge in [-0.05, 0) is 38.0 Å². The molecule has 24 heavy (non-hydrogen) atoms. The first kappa shape index (κ1) is 17.0. The molecule has 2 aromatic rings. The minimum Gasteiger partial charge on any atom is -0.372 e. The Morgan fingerprint density at radius 1 is 1.38 bits per heavy atom. The van der Waals surface area contributed by atoms with E-state index in [2.05, 4.69) is 20.8 Å². The Bertz CT molecular complexity index is 694. The molecule has 1 aromatic carbocycles. The third-order valence-electron chi connectivity index (χ3n) is 4.21. The summed E-state index contributed by atoms with van der Waals surface area (Å²) in [6, 6.07) is 7.74. The third kappa shape index (κ3) is 3.77. The van der Waals surface area contributed by atoms with Gasteiger partial charge in [-0.15, -0.1) is 0 Å². The maximum Gasteiger partial charge on any atom is 0.238 e. The molecule has 0 aliphatic carbocycles. The van der Waals surface area contributed by atoms with Crippen molar-refractivity contribution in [2.24, 2.45) is 0 Å². The average molecular weight is 349 g/mol. The highest BCUT2D eigenvalue weighted by Crippen LogP contribution is 2.29. The van der Waals surface area contributed by atoms with Crippen molar-refractivity contribution in [2.45, 2.75) is 32.4 Å². The molecule has 1 saturated heterocycles. The number of nitrogens with zero attached hydrogens (tertiary/aromatic N) is 1. The van der Waals surface area contributed by atoms with E-state index in [1.54, 1.807) is 0 Å². The molecule has 1 aromatic heterocycles. The fourth-order valence-electron chi connectivity index (χ4n) is 2.92. The van der Waals surface area contributed by atoms with E-state index in [0.29, 0.717) is 11.6 Å². The molecule has 3 rings (SSSR count). The number of aryl methyl sites for hydroxylation is 2. The number of ether oxygens (including phenoxy) is 1. The van der Waals surface area contributed by atoms with Gasteiger partial charge in [0.2, 0.25) is 5.91 Å². The number of hydrogen-bond donors (Lipinski definition) is 3. The van der Waals surface area contributed by atoms with Crippen LogP contribution in [0.5, 0.6) is 0 Å². The fourth-order valence-corrected chi connectivity index (χ4v) is 3.05. The van der Waals surface area contributed by atoms with E-state index in [9.17, 15) is 4.79 Å². The number of nitrogens with one attached hydrogen (secondary N) is 3. The van der Waals surface area contributed by atoms with Gasteiger partial charge in [0.05, 0.1) is 29.7 Å².